The van der Waals surface area contributed by atoms with E-state index in [9.17, 15) is 9.59 Å². The third-order valence-electron chi connectivity index (χ3n) is 4.85. The lowest BCUT2D eigenvalue weighted by molar-refractivity contribution is -0.130. The largest absolute Gasteiger partial charge is 0.462 e. The maximum atomic E-state index is 12.5. The summed E-state index contributed by atoms with van der Waals surface area (Å²) >= 11 is 0. The second-order valence-electron chi connectivity index (χ2n) is 6.80. The normalized spacial score (nSPS) is 14.1. The number of benzene rings is 2. The molecule has 2 aromatic rings. The van der Waals surface area contributed by atoms with E-state index in [0.717, 1.165) is 24.3 Å². The number of piperazine rings is 1. The molecular formula is C22H26N2O3. The van der Waals surface area contributed by atoms with Crippen molar-refractivity contribution in [3.8, 4) is 0 Å². The minimum Gasteiger partial charge on any atom is -0.462 e. The van der Waals surface area contributed by atoms with Crippen molar-refractivity contribution in [1.29, 1.82) is 0 Å². The van der Waals surface area contributed by atoms with Crippen molar-refractivity contribution in [3.63, 3.8) is 0 Å². The number of nitrogens with zero attached hydrogens (tertiary/aromatic N) is 2. The van der Waals surface area contributed by atoms with Crippen molar-refractivity contribution in [2.75, 3.05) is 37.7 Å². The van der Waals surface area contributed by atoms with E-state index < -0.39 is 0 Å². The fourth-order valence-electron chi connectivity index (χ4n) is 3.23. The van der Waals surface area contributed by atoms with Gasteiger partial charge in [0, 0.05) is 31.9 Å². The molecular weight excluding hydrogens is 340 g/mol. The molecule has 1 fully saturated rings. The van der Waals surface area contributed by atoms with Gasteiger partial charge in [0.15, 0.2) is 0 Å². The Hall–Kier alpha value is -2.82. The number of hydrogen-bond donors (Lipinski definition) is 0. The average Bonchev–Trinajstić information content (AvgIpc) is 2.70. The van der Waals surface area contributed by atoms with Gasteiger partial charge in [0.1, 0.15) is 0 Å². The van der Waals surface area contributed by atoms with Gasteiger partial charge in [0.05, 0.1) is 18.6 Å². The Balaban J connectivity index is 1.53. The van der Waals surface area contributed by atoms with Gasteiger partial charge in [0.2, 0.25) is 5.91 Å². The van der Waals surface area contributed by atoms with Crippen LogP contribution in [0.3, 0.4) is 0 Å². The molecule has 1 saturated heterocycles. The fourth-order valence-corrected chi connectivity index (χ4v) is 3.23. The Bertz CT molecular complexity index is 776. The van der Waals surface area contributed by atoms with Crippen LogP contribution in [0.2, 0.25) is 0 Å². The molecule has 0 N–H and O–H groups in total. The number of anilines is 1. The molecule has 0 aliphatic carbocycles. The van der Waals surface area contributed by atoms with Crippen molar-refractivity contribution in [3.05, 3.63) is 65.2 Å². The topological polar surface area (TPSA) is 49.9 Å². The summed E-state index contributed by atoms with van der Waals surface area (Å²) in [5, 5.41) is 0. The molecule has 0 radical (unpaired) electrons. The van der Waals surface area contributed by atoms with Crippen LogP contribution in [-0.4, -0.2) is 49.6 Å². The summed E-state index contributed by atoms with van der Waals surface area (Å²) in [5.41, 5.74) is 3.89. The van der Waals surface area contributed by atoms with Gasteiger partial charge in [-0.25, -0.2) is 4.79 Å². The summed E-state index contributed by atoms with van der Waals surface area (Å²) in [6.45, 7) is 7.22. The lowest BCUT2D eigenvalue weighted by atomic mass is 10.1. The van der Waals surface area contributed by atoms with E-state index in [2.05, 4.69) is 4.90 Å². The van der Waals surface area contributed by atoms with Crippen LogP contribution < -0.4 is 4.90 Å². The van der Waals surface area contributed by atoms with Gasteiger partial charge in [-0.1, -0.05) is 29.8 Å². The molecule has 142 valence electrons. The second kappa shape index (κ2) is 8.71. The van der Waals surface area contributed by atoms with Crippen molar-refractivity contribution in [2.45, 2.75) is 20.3 Å². The Labute approximate surface area is 160 Å². The molecule has 0 aromatic heterocycles. The van der Waals surface area contributed by atoms with E-state index >= 15 is 0 Å². The average molecular weight is 366 g/mol. The first kappa shape index (κ1) is 19.0. The van der Waals surface area contributed by atoms with E-state index in [1.807, 2.05) is 48.2 Å². The van der Waals surface area contributed by atoms with E-state index in [1.165, 1.54) is 5.56 Å². The minimum absolute atomic E-state index is 0.177. The summed E-state index contributed by atoms with van der Waals surface area (Å²) < 4.78 is 5.01. The van der Waals surface area contributed by atoms with Gasteiger partial charge in [-0.15, -0.1) is 0 Å². The van der Waals surface area contributed by atoms with Crippen molar-refractivity contribution < 1.29 is 14.3 Å². The maximum absolute atomic E-state index is 12.5. The number of carbonyl (C=O) groups excluding carboxylic acids is 2. The highest BCUT2D eigenvalue weighted by molar-refractivity contribution is 5.89. The van der Waals surface area contributed by atoms with Gasteiger partial charge in [-0.3, -0.25) is 4.79 Å². The Morgan fingerprint density at radius 2 is 1.56 bits per heavy atom. The predicted octanol–water partition coefficient (Wildman–Crippen LogP) is 3.06. The lowest BCUT2D eigenvalue weighted by Gasteiger charge is -2.36. The van der Waals surface area contributed by atoms with Crippen LogP contribution in [0.1, 0.15) is 28.4 Å². The number of amides is 1. The molecule has 1 aliphatic heterocycles. The molecule has 1 heterocycles. The number of esters is 1. The zero-order chi connectivity index (χ0) is 19.2. The molecule has 0 saturated carbocycles. The smallest absolute Gasteiger partial charge is 0.338 e. The van der Waals surface area contributed by atoms with E-state index in [4.69, 9.17) is 4.74 Å². The van der Waals surface area contributed by atoms with E-state index in [1.54, 1.807) is 19.1 Å². The first-order valence-electron chi connectivity index (χ1n) is 9.42. The Morgan fingerprint density at radius 1 is 0.926 bits per heavy atom. The third kappa shape index (κ3) is 4.88. The molecule has 0 spiro atoms. The van der Waals surface area contributed by atoms with Gasteiger partial charge in [-0.05, 0) is 43.7 Å². The molecule has 1 amide bonds. The van der Waals surface area contributed by atoms with Crippen LogP contribution in [0.15, 0.2) is 48.5 Å². The number of hydrogen-bond acceptors (Lipinski definition) is 4. The highest BCUT2D eigenvalue weighted by Gasteiger charge is 2.21. The molecule has 0 atom stereocenters. The van der Waals surface area contributed by atoms with Crippen LogP contribution in [-0.2, 0) is 16.0 Å². The zero-order valence-corrected chi connectivity index (χ0v) is 16.0. The summed E-state index contributed by atoms with van der Waals surface area (Å²) in [7, 11) is 0. The minimum atomic E-state index is -0.296. The molecule has 1 aliphatic rings. The third-order valence-corrected chi connectivity index (χ3v) is 4.85. The molecule has 0 unspecified atom stereocenters. The van der Waals surface area contributed by atoms with Gasteiger partial charge < -0.3 is 14.5 Å². The summed E-state index contributed by atoms with van der Waals surface area (Å²) in [5.74, 6) is -0.119. The highest BCUT2D eigenvalue weighted by Crippen LogP contribution is 2.18. The SMILES string of the molecule is CCOC(=O)c1ccc(N2CCN(C(=O)Cc3ccc(C)cc3)CC2)cc1. The summed E-state index contributed by atoms with van der Waals surface area (Å²) in [4.78, 5) is 28.4. The molecule has 3 rings (SSSR count). The standard InChI is InChI=1S/C22H26N2O3/c1-3-27-22(26)19-8-10-20(11-9-19)23-12-14-24(15-13-23)21(25)16-18-6-4-17(2)5-7-18/h4-11H,3,12-16H2,1-2H3. The van der Waals surface area contributed by atoms with Crippen molar-refractivity contribution >= 4 is 17.6 Å². The maximum Gasteiger partial charge on any atom is 0.338 e. The molecule has 0 bridgehead atoms. The molecule has 5 heteroatoms. The summed E-state index contributed by atoms with van der Waals surface area (Å²) in [6, 6.07) is 15.6. The van der Waals surface area contributed by atoms with E-state index in [-0.39, 0.29) is 11.9 Å². The van der Waals surface area contributed by atoms with E-state index in [0.29, 0.717) is 31.7 Å². The number of ether oxygens (including phenoxy) is 1. The Kier molecular flexibility index (Phi) is 6.12. The number of rotatable bonds is 5. The molecule has 2 aromatic carbocycles. The lowest BCUT2D eigenvalue weighted by Crippen LogP contribution is -2.49. The number of carbonyl (C=O) groups is 2. The predicted molar refractivity (Wildman–Crippen MR) is 106 cm³/mol. The monoisotopic (exact) mass is 366 g/mol. The fraction of sp³-hybridized carbons (Fsp3) is 0.364. The zero-order valence-electron chi connectivity index (χ0n) is 16.0. The quantitative estimate of drug-likeness (QED) is 0.763. The van der Waals surface area contributed by atoms with Crippen LogP contribution in [0.4, 0.5) is 5.69 Å². The first-order valence-corrected chi connectivity index (χ1v) is 9.42. The van der Waals surface area contributed by atoms with Crippen LogP contribution in [0.5, 0.6) is 0 Å². The van der Waals surface area contributed by atoms with Gasteiger partial charge in [-0.2, -0.15) is 0 Å². The Morgan fingerprint density at radius 3 is 2.15 bits per heavy atom. The van der Waals surface area contributed by atoms with Crippen molar-refractivity contribution in [1.82, 2.24) is 4.90 Å². The van der Waals surface area contributed by atoms with Gasteiger partial charge >= 0.3 is 5.97 Å². The van der Waals surface area contributed by atoms with Crippen LogP contribution in [0.25, 0.3) is 0 Å². The molecule has 27 heavy (non-hydrogen) atoms. The van der Waals surface area contributed by atoms with Gasteiger partial charge in [0.25, 0.3) is 0 Å². The summed E-state index contributed by atoms with van der Waals surface area (Å²) in [6.07, 6.45) is 0.453. The van der Waals surface area contributed by atoms with Crippen molar-refractivity contribution in [2.24, 2.45) is 0 Å². The van der Waals surface area contributed by atoms with Crippen LogP contribution >= 0.6 is 0 Å². The van der Waals surface area contributed by atoms with Crippen LogP contribution in [0, 0.1) is 6.92 Å². The first-order chi connectivity index (χ1) is 13.1. The second-order valence-corrected chi connectivity index (χ2v) is 6.80. The highest BCUT2D eigenvalue weighted by atomic mass is 16.5. The number of aryl methyl sites for hydroxylation is 1. The molecule has 5 nitrogen and oxygen atoms in total.